The summed E-state index contributed by atoms with van der Waals surface area (Å²) in [7, 11) is 3.61. The fourth-order valence-corrected chi connectivity index (χ4v) is 2.62. The van der Waals surface area contributed by atoms with Crippen LogP contribution in [-0.2, 0) is 13.6 Å². The van der Waals surface area contributed by atoms with Gasteiger partial charge in [0.15, 0.2) is 0 Å². The summed E-state index contributed by atoms with van der Waals surface area (Å²) in [6, 6.07) is 11.6. The number of ether oxygens (including phenoxy) is 1. The lowest BCUT2D eigenvalue weighted by Gasteiger charge is -2.09. The molecule has 5 heteroatoms. The fourth-order valence-electron chi connectivity index (χ4n) is 2.45. The maximum Gasteiger partial charge on any atom is 0.144 e. The summed E-state index contributed by atoms with van der Waals surface area (Å²) in [5.41, 5.74) is 9.68. The molecule has 0 aliphatic rings. The van der Waals surface area contributed by atoms with Gasteiger partial charge in [-0.05, 0) is 35.9 Å². The van der Waals surface area contributed by atoms with Crippen molar-refractivity contribution in [1.82, 2.24) is 9.55 Å². The highest BCUT2D eigenvalue weighted by Crippen LogP contribution is 2.33. The molecule has 0 spiro atoms. The van der Waals surface area contributed by atoms with E-state index >= 15 is 0 Å². The molecule has 2 N–H and O–H groups in total. The Balaban J connectivity index is 2.23. The third kappa shape index (κ3) is 2.37. The normalized spacial score (nSPS) is 11.0. The van der Waals surface area contributed by atoms with Crippen LogP contribution < -0.4 is 10.5 Å². The van der Waals surface area contributed by atoms with Gasteiger partial charge < -0.3 is 15.0 Å². The van der Waals surface area contributed by atoms with Crippen LogP contribution in [0, 0.1) is 0 Å². The minimum Gasteiger partial charge on any atom is -0.496 e. The predicted octanol–water partition coefficient (Wildman–Crippen LogP) is 3.36. The van der Waals surface area contributed by atoms with Crippen LogP contribution >= 0.6 is 11.6 Å². The summed E-state index contributed by atoms with van der Waals surface area (Å²) < 4.78 is 7.46. The Bertz CT molecular complexity index is 811. The quantitative estimate of drug-likeness (QED) is 0.807. The number of imidazole rings is 1. The van der Waals surface area contributed by atoms with E-state index in [4.69, 9.17) is 27.1 Å². The van der Waals surface area contributed by atoms with Gasteiger partial charge in [0.1, 0.15) is 11.6 Å². The first-order valence-electron chi connectivity index (χ1n) is 6.63. The monoisotopic (exact) mass is 301 g/mol. The summed E-state index contributed by atoms with van der Waals surface area (Å²) in [5, 5.41) is 0.639. The van der Waals surface area contributed by atoms with E-state index in [1.165, 1.54) is 0 Å². The molecular formula is C16H16ClN3O. The fraction of sp³-hybridized carbons (Fsp3) is 0.188. The molecule has 1 aromatic heterocycles. The molecule has 3 aromatic rings. The summed E-state index contributed by atoms with van der Waals surface area (Å²) in [6.45, 7) is 0.515. The summed E-state index contributed by atoms with van der Waals surface area (Å²) in [6.07, 6.45) is 0. The van der Waals surface area contributed by atoms with Gasteiger partial charge in [-0.25, -0.2) is 4.98 Å². The lowest BCUT2D eigenvalue weighted by molar-refractivity contribution is 0.416. The van der Waals surface area contributed by atoms with Crippen LogP contribution in [0.5, 0.6) is 5.75 Å². The first kappa shape index (κ1) is 13.9. The van der Waals surface area contributed by atoms with E-state index in [1.54, 1.807) is 13.2 Å². The Kier molecular flexibility index (Phi) is 3.57. The molecule has 0 unspecified atom stereocenters. The molecule has 0 radical (unpaired) electrons. The molecule has 4 nitrogen and oxygen atoms in total. The third-order valence-electron chi connectivity index (χ3n) is 3.59. The van der Waals surface area contributed by atoms with E-state index in [-0.39, 0.29) is 0 Å². The first-order valence-corrected chi connectivity index (χ1v) is 7.01. The molecule has 0 saturated heterocycles. The van der Waals surface area contributed by atoms with E-state index in [0.29, 0.717) is 17.3 Å². The molecule has 0 atom stereocenters. The second-order valence-corrected chi connectivity index (χ2v) is 5.30. The predicted molar refractivity (Wildman–Crippen MR) is 85.6 cm³/mol. The molecule has 0 saturated carbocycles. The van der Waals surface area contributed by atoms with Crippen molar-refractivity contribution in [2.75, 3.05) is 7.11 Å². The topological polar surface area (TPSA) is 53.1 Å². The number of nitrogens with two attached hydrogens (primary N) is 1. The number of halogens is 1. The van der Waals surface area contributed by atoms with Crippen LogP contribution in [0.25, 0.3) is 22.4 Å². The number of nitrogens with zero attached hydrogens (tertiary/aromatic N) is 2. The average Bonchev–Trinajstić information content (AvgIpc) is 2.83. The molecule has 0 bridgehead atoms. The molecule has 3 rings (SSSR count). The van der Waals surface area contributed by atoms with Crippen LogP contribution in [-0.4, -0.2) is 16.7 Å². The number of aromatic nitrogens is 2. The van der Waals surface area contributed by atoms with Gasteiger partial charge in [-0.2, -0.15) is 0 Å². The zero-order chi connectivity index (χ0) is 15.0. The van der Waals surface area contributed by atoms with E-state index in [1.807, 2.05) is 35.9 Å². The Morgan fingerprint density at radius 3 is 2.76 bits per heavy atom. The number of aryl methyl sites for hydroxylation is 1. The van der Waals surface area contributed by atoms with E-state index < -0.39 is 0 Å². The number of hydrogen-bond acceptors (Lipinski definition) is 3. The Hall–Kier alpha value is -2.04. The van der Waals surface area contributed by atoms with Crippen molar-refractivity contribution in [1.29, 1.82) is 0 Å². The summed E-state index contributed by atoms with van der Waals surface area (Å²) in [4.78, 5) is 4.70. The van der Waals surface area contributed by atoms with Crippen LogP contribution in [0.2, 0.25) is 5.02 Å². The largest absolute Gasteiger partial charge is 0.496 e. The van der Waals surface area contributed by atoms with Crippen LogP contribution in [0.1, 0.15) is 5.56 Å². The average molecular weight is 302 g/mol. The highest BCUT2D eigenvalue weighted by atomic mass is 35.5. The van der Waals surface area contributed by atoms with Gasteiger partial charge in [0.2, 0.25) is 0 Å². The molecule has 2 aromatic carbocycles. The highest BCUT2D eigenvalue weighted by Gasteiger charge is 2.14. The minimum absolute atomic E-state index is 0.515. The van der Waals surface area contributed by atoms with E-state index in [0.717, 1.165) is 28.0 Å². The van der Waals surface area contributed by atoms with Crippen molar-refractivity contribution >= 4 is 22.6 Å². The molecule has 0 aliphatic carbocycles. The second kappa shape index (κ2) is 5.39. The highest BCUT2D eigenvalue weighted by molar-refractivity contribution is 6.30. The van der Waals surface area contributed by atoms with Gasteiger partial charge in [-0.3, -0.25) is 0 Å². The van der Waals surface area contributed by atoms with Crippen LogP contribution in [0.3, 0.4) is 0 Å². The van der Waals surface area contributed by atoms with Crippen molar-refractivity contribution in [3.05, 3.63) is 47.0 Å². The zero-order valence-corrected chi connectivity index (χ0v) is 12.7. The molecule has 1 heterocycles. The van der Waals surface area contributed by atoms with E-state index in [9.17, 15) is 0 Å². The number of hydrogen-bond donors (Lipinski definition) is 1. The van der Waals surface area contributed by atoms with Crippen molar-refractivity contribution in [2.24, 2.45) is 12.8 Å². The van der Waals surface area contributed by atoms with Gasteiger partial charge in [0, 0.05) is 18.6 Å². The minimum atomic E-state index is 0.515. The third-order valence-corrected chi connectivity index (χ3v) is 3.82. The summed E-state index contributed by atoms with van der Waals surface area (Å²) >= 11 is 6.02. The maximum absolute atomic E-state index is 6.02. The maximum atomic E-state index is 6.02. The van der Waals surface area contributed by atoms with Crippen molar-refractivity contribution < 1.29 is 4.74 Å². The van der Waals surface area contributed by atoms with Crippen molar-refractivity contribution in [3.8, 4) is 17.1 Å². The first-order chi connectivity index (χ1) is 10.1. The zero-order valence-electron chi connectivity index (χ0n) is 11.9. The van der Waals surface area contributed by atoms with Gasteiger partial charge in [0.05, 0.1) is 23.7 Å². The Morgan fingerprint density at radius 2 is 2.05 bits per heavy atom. The van der Waals surface area contributed by atoms with Crippen molar-refractivity contribution in [3.63, 3.8) is 0 Å². The van der Waals surface area contributed by atoms with Gasteiger partial charge in [-0.1, -0.05) is 17.7 Å². The molecule has 21 heavy (non-hydrogen) atoms. The van der Waals surface area contributed by atoms with Crippen LogP contribution in [0.15, 0.2) is 36.4 Å². The van der Waals surface area contributed by atoms with Gasteiger partial charge in [-0.15, -0.1) is 0 Å². The Labute approximate surface area is 128 Å². The van der Waals surface area contributed by atoms with Crippen LogP contribution in [0.4, 0.5) is 0 Å². The molecular weight excluding hydrogens is 286 g/mol. The van der Waals surface area contributed by atoms with Crippen molar-refractivity contribution in [2.45, 2.75) is 6.54 Å². The number of benzene rings is 2. The summed E-state index contributed by atoms with van der Waals surface area (Å²) in [5.74, 6) is 1.55. The lowest BCUT2D eigenvalue weighted by atomic mass is 10.2. The molecule has 0 aliphatic heterocycles. The number of methoxy groups -OCH3 is 1. The lowest BCUT2D eigenvalue weighted by Crippen LogP contribution is -1.97. The smallest absolute Gasteiger partial charge is 0.144 e. The molecule has 108 valence electrons. The second-order valence-electron chi connectivity index (χ2n) is 4.87. The number of rotatable bonds is 3. The van der Waals surface area contributed by atoms with Gasteiger partial charge >= 0.3 is 0 Å². The van der Waals surface area contributed by atoms with Gasteiger partial charge in [0.25, 0.3) is 0 Å². The van der Waals surface area contributed by atoms with E-state index in [2.05, 4.69) is 6.07 Å². The SMILES string of the molecule is COc1cc(Cl)ccc1-c1nc2ccc(CN)cc2n1C. The molecule has 0 fully saturated rings. The standard InChI is InChI=1S/C16H16ClN3O/c1-20-14-7-10(9-18)3-6-13(14)19-16(20)12-5-4-11(17)8-15(12)21-2/h3-8H,9,18H2,1-2H3. The Morgan fingerprint density at radius 1 is 1.24 bits per heavy atom. The molecule has 0 amide bonds. The number of fused-ring (bicyclic) bond motifs is 1.